The van der Waals surface area contributed by atoms with Gasteiger partial charge in [-0.2, -0.15) is 0 Å². The zero-order valence-corrected chi connectivity index (χ0v) is 12.9. The lowest BCUT2D eigenvalue weighted by molar-refractivity contribution is 0.0995. The van der Waals surface area contributed by atoms with Gasteiger partial charge in [0, 0.05) is 18.1 Å². The summed E-state index contributed by atoms with van der Waals surface area (Å²) >= 11 is 9.38. The maximum Gasteiger partial charge on any atom is 0.291 e. The van der Waals surface area contributed by atoms with Crippen molar-refractivity contribution in [3.63, 3.8) is 0 Å². The molecule has 1 amide bonds. The lowest BCUT2D eigenvalue weighted by Crippen LogP contribution is -2.10. The Balaban J connectivity index is 1.81. The average molecular weight is 367 g/mol. The Morgan fingerprint density at radius 2 is 2.19 bits per heavy atom. The highest BCUT2D eigenvalue weighted by molar-refractivity contribution is 9.10. The van der Waals surface area contributed by atoms with Crippen molar-refractivity contribution in [3.8, 4) is 5.69 Å². The van der Waals surface area contributed by atoms with Gasteiger partial charge in [0.15, 0.2) is 10.4 Å². The third-order valence-electron chi connectivity index (χ3n) is 2.79. The Labute approximate surface area is 133 Å². The summed E-state index contributed by atoms with van der Waals surface area (Å²) in [7, 11) is 0. The maximum absolute atomic E-state index is 12.0. The summed E-state index contributed by atoms with van der Waals surface area (Å²) in [4.78, 5) is 15.9. The number of halogens is 2. The summed E-state index contributed by atoms with van der Waals surface area (Å²) in [5, 5.41) is 3.23. The molecule has 5 nitrogen and oxygen atoms in total. The minimum absolute atomic E-state index is 0.219. The van der Waals surface area contributed by atoms with E-state index in [1.54, 1.807) is 53.6 Å². The van der Waals surface area contributed by atoms with E-state index in [9.17, 15) is 4.79 Å². The molecule has 0 bridgehead atoms. The second-order valence-corrected chi connectivity index (χ2v) is 5.38. The number of hydrogen-bond acceptors (Lipinski definition) is 3. The second-order valence-electron chi connectivity index (χ2n) is 4.19. The molecule has 3 rings (SSSR count). The molecule has 106 valence electrons. The molecule has 0 aliphatic carbocycles. The average Bonchev–Trinajstić information content (AvgIpc) is 3.10. The standard InChI is InChI=1S/C14H9BrClN3O2/c15-13-4-3-12(21-13)14(20)18-9-1-2-11(10(16)7-9)19-6-5-17-8-19/h1-8H,(H,18,20). The summed E-state index contributed by atoms with van der Waals surface area (Å²) in [5.74, 6) is -0.121. The molecule has 0 radical (unpaired) electrons. The van der Waals surface area contributed by atoms with Crippen LogP contribution in [0.2, 0.25) is 5.02 Å². The molecular formula is C14H9BrClN3O2. The molecule has 21 heavy (non-hydrogen) atoms. The van der Waals surface area contributed by atoms with E-state index >= 15 is 0 Å². The van der Waals surface area contributed by atoms with E-state index in [-0.39, 0.29) is 11.7 Å². The number of benzene rings is 1. The van der Waals surface area contributed by atoms with Crippen LogP contribution in [0, 0.1) is 0 Å². The van der Waals surface area contributed by atoms with Gasteiger partial charge in [-0.1, -0.05) is 11.6 Å². The minimum atomic E-state index is -0.341. The number of aromatic nitrogens is 2. The first-order valence-corrected chi connectivity index (χ1v) is 7.15. The summed E-state index contributed by atoms with van der Waals surface area (Å²) in [6.07, 6.45) is 5.11. The van der Waals surface area contributed by atoms with E-state index < -0.39 is 0 Å². The summed E-state index contributed by atoms with van der Waals surface area (Å²) in [6.45, 7) is 0. The molecule has 1 aromatic carbocycles. The first-order chi connectivity index (χ1) is 10.1. The van der Waals surface area contributed by atoms with Crippen molar-refractivity contribution >= 4 is 39.1 Å². The van der Waals surface area contributed by atoms with E-state index in [4.69, 9.17) is 16.0 Å². The normalized spacial score (nSPS) is 10.6. The number of carbonyl (C=O) groups excluding carboxylic acids is 1. The van der Waals surface area contributed by atoms with Crippen LogP contribution in [-0.2, 0) is 0 Å². The summed E-state index contributed by atoms with van der Waals surface area (Å²) in [5.41, 5.74) is 1.37. The number of rotatable bonds is 3. The predicted molar refractivity (Wildman–Crippen MR) is 82.9 cm³/mol. The van der Waals surface area contributed by atoms with Gasteiger partial charge < -0.3 is 14.3 Å². The Morgan fingerprint density at radius 3 is 2.81 bits per heavy atom. The van der Waals surface area contributed by atoms with Crippen molar-refractivity contribution in [2.45, 2.75) is 0 Å². The van der Waals surface area contributed by atoms with Crippen LogP contribution in [0.3, 0.4) is 0 Å². The highest BCUT2D eigenvalue weighted by Crippen LogP contribution is 2.25. The summed E-state index contributed by atoms with van der Waals surface area (Å²) in [6, 6.07) is 8.48. The number of furan rings is 1. The number of nitrogens with zero attached hydrogens (tertiary/aromatic N) is 2. The molecule has 0 spiro atoms. The van der Waals surface area contributed by atoms with Gasteiger partial charge in [0.05, 0.1) is 17.0 Å². The van der Waals surface area contributed by atoms with Crippen LogP contribution in [0.1, 0.15) is 10.6 Å². The molecule has 2 heterocycles. The number of imidazole rings is 1. The smallest absolute Gasteiger partial charge is 0.291 e. The van der Waals surface area contributed by atoms with Crippen molar-refractivity contribution in [3.05, 3.63) is 64.5 Å². The molecule has 1 N–H and O–H groups in total. The first-order valence-electron chi connectivity index (χ1n) is 5.98. The molecule has 0 aliphatic heterocycles. The number of carbonyl (C=O) groups is 1. The zero-order chi connectivity index (χ0) is 14.8. The molecule has 7 heteroatoms. The Bertz CT molecular complexity index is 783. The molecule has 0 saturated carbocycles. The van der Waals surface area contributed by atoms with Crippen LogP contribution in [0.4, 0.5) is 5.69 Å². The molecule has 0 fully saturated rings. The van der Waals surface area contributed by atoms with E-state index in [0.29, 0.717) is 15.4 Å². The van der Waals surface area contributed by atoms with Gasteiger partial charge in [0.1, 0.15) is 0 Å². The van der Waals surface area contributed by atoms with Crippen molar-refractivity contribution < 1.29 is 9.21 Å². The molecule has 0 unspecified atom stereocenters. The fraction of sp³-hybridized carbons (Fsp3) is 0. The molecule has 3 aromatic rings. The predicted octanol–water partition coefficient (Wildman–Crippen LogP) is 4.13. The number of hydrogen-bond donors (Lipinski definition) is 1. The van der Waals surface area contributed by atoms with E-state index in [1.807, 2.05) is 0 Å². The van der Waals surface area contributed by atoms with Crippen molar-refractivity contribution in [2.24, 2.45) is 0 Å². The first kappa shape index (κ1) is 13.9. The Kier molecular flexibility index (Phi) is 3.81. The van der Waals surface area contributed by atoms with Crippen LogP contribution in [0.25, 0.3) is 5.69 Å². The van der Waals surface area contributed by atoms with Crippen molar-refractivity contribution in [2.75, 3.05) is 5.32 Å². The van der Waals surface area contributed by atoms with E-state index in [0.717, 1.165) is 5.69 Å². The quantitative estimate of drug-likeness (QED) is 0.758. The van der Waals surface area contributed by atoms with Crippen molar-refractivity contribution in [1.29, 1.82) is 0 Å². The molecule has 0 aliphatic rings. The zero-order valence-electron chi connectivity index (χ0n) is 10.6. The number of amides is 1. The van der Waals surface area contributed by atoms with Gasteiger partial charge in [-0.15, -0.1) is 0 Å². The second kappa shape index (κ2) is 5.75. The van der Waals surface area contributed by atoms with Gasteiger partial charge in [0.2, 0.25) is 0 Å². The van der Waals surface area contributed by atoms with E-state index in [1.165, 1.54) is 0 Å². The monoisotopic (exact) mass is 365 g/mol. The van der Waals surface area contributed by atoms with Crippen LogP contribution in [0.15, 0.2) is 58.1 Å². The maximum atomic E-state index is 12.0. The van der Waals surface area contributed by atoms with Gasteiger partial charge in [-0.3, -0.25) is 4.79 Å². The highest BCUT2D eigenvalue weighted by atomic mass is 79.9. The molecular weight excluding hydrogens is 358 g/mol. The molecule has 0 saturated heterocycles. The van der Waals surface area contributed by atoms with Crippen molar-refractivity contribution in [1.82, 2.24) is 9.55 Å². The van der Waals surface area contributed by atoms with Crippen LogP contribution in [0.5, 0.6) is 0 Å². The molecule has 0 atom stereocenters. The lowest BCUT2D eigenvalue weighted by Gasteiger charge is -2.08. The summed E-state index contributed by atoms with van der Waals surface area (Å²) < 4.78 is 7.48. The Hall–Kier alpha value is -2.05. The molecule has 2 aromatic heterocycles. The fourth-order valence-corrected chi connectivity index (χ4v) is 2.41. The van der Waals surface area contributed by atoms with Gasteiger partial charge in [-0.05, 0) is 46.3 Å². The topological polar surface area (TPSA) is 60.1 Å². The third-order valence-corrected chi connectivity index (χ3v) is 3.51. The SMILES string of the molecule is O=C(Nc1ccc(-n2ccnc2)c(Cl)c1)c1ccc(Br)o1. The van der Waals surface area contributed by atoms with Crippen LogP contribution >= 0.6 is 27.5 Å². The minimum Gasteiger partial charge on any atom is -0.444 e. The van der Waals surface area contributed by atoms with Gasteiger partial charge in [0.25, 0.3) is 5.91 Å². The van der Waals surface area contributed by atoms with Gasteiger partial charge in [-0.25, -0.2) is 4.98 Å². The highest BCUT2D eigenvalue weighted by Gasteiger charge is 2.12. The Morgan fingerprint density at radius 1 is 1.33 bits per heavy atom. The number of anilines is 1. The van der Waals surface area contributed by atoms with Gasteiger partial charge >= 0.3 is 0 Å². The van der Waals surface area contributed by atoms with Crippen LogP contribution < -0.4 is 5.32 Å². The van der Waals surface area contributed by atoms with E-state index in [2.05, 4.69) is 26.2 Å². The third kappa shape index (κ3) is 3.01. The number of nitrogens with one attached hydrogen (secondary N) is 1. The lowest BCUT2D eigenvalue weighted by atomic mass is 10.2. The largest absolute Gasteiger partial charge is 0.444 e. The fourth-order valence-electron chi connectivity index (χ4n) is 1.82. The van der Waals surface area contributed by atoms with Crippen LogP contribution in [-0.4, -0.2) is 15.5 Å².